The molecule has 2 aliphatic rings. The molecule has 1 atom stereocenters. The van der Waals surface area contributed by atoms with Crippen LogP contribution in [0.25, 0.3) is 15.7 Å². The van der Waals surface area contributed by atoms with Gasteiger partial charge >= 0.3 is 124 Å². The summed E-state index contributed by atoms with van der Waals surface area (Å²) in [4.78, 5) is 2.25. The Kier molecular flexibility index (Phi) is 3.12. The Morgan fingerprint density at radius 1 is 1.10 bits per heavy atom. The van der Waals surface area contributed by atoms with Crippen LogP contribution in [-0.2, 0) is 0 Å². The van der Waals surface area contributed by atoms with Crippen molar-refractivity contribution in [2.24, 2.45) is 5.92 Å². The van der Waals surface area contributed by atoms with Crippen LogP contribution in [0.4, 0.5) is 0 Å². The molecule has 0 spiro atoms. The van der Waals surface area contributed by atoms with E-state index in [0.717, 1.165) is 11.3 Å². The molecule has 104 valence electrons. The molecular weight excluding hydrogens is 315 g/mol. The third kappa shape index (κ3) is 2.00. The second kappa shape index (κ2) is 4.98. The van der Waals surface area contributed by atoms with E-state index in [-0.39, 0.29) is 6.10 Å². The molecule has 4 rings (SSSR count). The van der Waals surface area contributed by atoms with Crippen LogP contribution in [0, 0.1) is 5.92 Å². The number of aliphatic hydroxyl groups excluding tert-OH is 1. The Hall–Kier alpha value is -1.18. The van der Waals surface area contributed by atoms with Crippen molar-refractivity contribution in [2.45, 2.75) is 38.2 Å². The monoisotopic (exact) mass is 334 g/mol. The molecule has 1 aliphatic carbocycles. The Labute approximate surface area is 124 Å². The standard InChI is InChI=1S/C17H18O2Se/c18-14-10-12-6-7-15-13(8-9-20-15)16(12)19-17(14)11-4-2-1-3-5-11/h6-11,17-18H,1-5H2. The van der Waals surface area contributed by atoms with Crippen molar-refractivity contribution >= 4 is 30.2 Å². The summed E-state index contributed by atoms with van der Waals surface area (Å²) in [6, 6.07) is 6.43. The zero-order chi connectivity index (χ0) is 13.5. The molecule has 1 N–H and O–H groups in total. The van der Waals surface area contributed by atoms with Gasteiger partial charge in [-0.3, -0.25) is 0 Å². The van der Waals surface area contributed by atoms with Crippen molar-refractivity contribution < 1.29 is 9.84 Å². The fourth-order valence-electron chi connectivity index (χ4n) is 3.48. The molecule has 3 heteroatoms. The minimum absolute atomic E-state index is 0.129. The van der Waals surface area contributed by atoms with Crippen LogP contribution in [0.2, 0.25) is 0 Å². The maximum atomic E-state index is 10.3. The molecule has 0 amide bonds. The molecule has 1 aromatic heterocycles. The zero-order valence-corrected chi connectivity index (χ0v) is 13.1. The fraction of sp³-hybridized carbons (Fsp3) is 0.412. The van der Waals surface area contributed by atoms with E-state index in [1.165, 1.54) is 41.8 Å². The van der Waals surface area contributed by atoms with Crippen LogP contribution in [0.3, 0.4) is 0 Å². The Morgan fingerprint density at radius 2 is 1.95 bits per heavy atom. The second-order valence-electron chi connectivity index (χ2n) is 5.82. The van der Waals surface area contributed by atoms with Crippen LogP contribution in [0.15, 0.2) is 28.9 Å². The van der Waals surface area contributed by atoms with Crippen LogP contribution in [0.5, 0.6) is 5.75 Å². The van der Waals surface area contributed by atoms with Crippen molar-refractivity contribution in [3.8, 4) is 5.75 Å². The van der Waals surface area contributed by atoms with Gasteiger partial charge in [-0.2, -0.15) is 0 Å². The van der Waals surface area contributed by atoms with Crippen LogP contribution in [0.1, 0.15) is 37.7 Å². The van der Waals surface area contributed by atoms with Crippen molar-refractivity contribution in [1.29, 1.82) is 0 Å². The molecule has 1 unspecified atom stereocenters. The van der Waals surface area contributed by atoms with E-state index in [4.69, 9.17) is 4.74 Å². The molecule has 1 aliphatic heterocycles. The van der Waals surface area contributed by atoms with E-state index in [1.807, 2.05) is 6.08 Å². The first kappa shape index (κ1) is 12.6. The van der Waals surface area contributed by atoms with Crippen molar-refractivity contribution in [3.05, 3.63) is 34.5 Å². The number of hydrogen-bond acceptors (Lipinski definition) is 2. The average molecular weight is 333 g/mol. The van der Waals surface area contributed by atoms with Gasteiger partial charge in [-0.05, 0) is 0 Å². The zero-order valence-electron chi connectivity index (χ0n) is 11.3. The van der Waals surface area contributed by atoms with Crippen molar-refractivity contribution in [1.82, 2.24) is 0 Å². The van der Waals surface area contributed by atoms with Gasteiger partial charge in [-0.15, -0.1) is 0 Å². The Morgan fingerprint density at radius 3 is 2.80 bits per heavy atom. The van der Waals surface area contributed by atoms with E-state index < -0.39 is 0 Å². The van der Waals surface area contributed by atoms with Gasteiger partial charge < -0.3 is 0 Å². The van der Waals surface area contributed by atoms with Crippen molar-refractivity contribution in [2.75, 3.05) is 0 Å². The quantitative estimate of drug-likeness (QED) is 0.795. The molecule has 20 heavy (non-hydrogen) atoms. The fourth-order valence-corrected chi connectivity index (χ4v) is 5.13. The normalized spacial score (nSPS) is 23.2. The molecule has 1 aromatic carbocycles. The summed E-state index contributed by atoms with van der Waals surface area (Å²) < 4.78 is 7.66. The van der Waals surface area contributed by atoms with E-state index in [0.29, 0.717) is 26.2 Å². The van der Waals surface area contributed by atoms with Gasteiger partial charge in [0.25, 0.3) is 0 Å². The maximum absolute atomic E-state index is 10.3. The van der Waals surface area contributed by atoms with Gasteiger partial charge in [0.15, 0.2) is 0 Å². The molecule has 0 saturated heterocycles. The third-order valence-corrected chi connectivity index (χ3v) is 6.38. The predicted octanol–water partition coefficient (Wildman–Crippen LogP) is 4.14. The molecule has 1 fully saturated rings. The third-order valence-electron chi connectivity index (χ3n) is 4.53. The molecule has 2 heterocycles. The summed E-state index contributed by atoms with van der Waals surface area (Å²) in [5.41, 5.74) is 1.02. The van der Waals surface area contributed by atoms with Crippen LogP contribution >= 0.6 is 0 Å². The van der Waals surface area contributed by atoms with Gasteiger partial charge in [-0.1, -0.05) is 0 Å². The topological polar surface area (TPSA) is 29.5 Å². The number of fused-ring (bicyclic) bond motifs is 3. The second-order valence-corrected chi connectivity index (χ2v) is 7.81. The predicted molar refractivity (Wildman–Crippen MR) is 82.5 cm³/mol. The summed E-state index contributed by atoms with van der Waals surface area (Å²) >= 11 is 0.442. The number of ether oxygens (including phenoxy) is 1. The summed E-state index contributed by atoms with van der Waals surface area (Å²) in [6.07, 6.45) is 7.99. The van der Waals surface area contributed by atoms with E-state index in [9.17, 15) is 5.11 Å². The molecule has 0 radical (unpaired) electrons. The number of aliphatic hydroxyl groups is 1. The molecule has 0 bridgehead atoms. The molecule has 2 aromatic rings. The summed E-state index contributed by atoms with van der Waals surface area (Å²) in [5.74, 6) is 1.88. The summed E-state index contributed by atoms with van der Waals surface area (Å²) in [6.45, 7) is 0. The Bertz CT molecular complexity index is 665. The summed E-state index contributed by atoms with van der Waals surface area (Å²) in [5, 5.41) is 11.6. The average Bonchev–Trinajstić information content (AvgIpc) is 2.96. The Balaban J connectivity index is 1.75. The van der Waals surface area contributed by atoms with E-state index in [2.05, 4.69) is 23.1 Å². The number of hydrogen-bond donors (Lipinski definition) is 1. The van der Waals surface area contributed by atoms with Gasteiger partial charge in [0, 0.05) is 0 Å². The molecular formula is C17H18O2Se. The first-order valence-corrected chi connectivity index (χ1v) is 9.25. The van der Waals surface area contributed by atoms with Gasteiger partial charge in [0.1, 0.15) is 0 Å². The molecule has 2 nitrogen and oxygen atoms in total. The van der Waals surface area contributed by atoms with Crippen molar-refractivity contribution in [3.63, 3.8) is 0 Å². The van der Waals surface area contributed by atoms with Crippen LogP contribution in [-0.4, -0.2) is 25.7 Å². The number of benzene rings is 1. The first-order valence-electron chi connectivity index (χ1n) is 7.40. The SMILES string of the molecule is OC1=Cc2ccc3[se]ccc3c2OC1C1CCCCC1. The van der Waals surface area contributed by atoms with E-state index in [1.54, 1.807) is 0 Å². The van der Waals surface area contributed by atoms with Gasteiger partial charge in [0.2, 0.25) is 0 Å². The number of rotatable bonds is 1. The summed E-state index contributed by atoms with van der Waals surface area (Å²) in [7, 11) is 0. The van der Waals surface area contributed by atoms with Gasteiger partial charge in [-0.25, -0.2) is 0 Å². The van der Waals surface area contributed by atoms with Gasteiger partial charge in [0.05, 0.1) is 0 Å². The first-order chi connectivity index (χ1) is 9.83. The minimum atomic E-state index is -0.129. The van der Waals surface area contributed by atoms with Crippen LogP contribution < -0.4 is 4.74 Å². The van der Waals surface area contributed by atoms with E-state index >= 15 is 0 Å². The molecule has 1 saturated carbocycles.